The first-order valence-corrected chi connectivity index (χ1v) is 10.5. The zero-order valence-corrected chi connectivity index (χ0v) is 17.2. The van der Waals surface area contributed by atoms with Gasteiger partial charge in [0.2, 0.25) is 0 Å². The summed E-state index contributed by atoms with van der Waals surface area (Å²) in [5.41, 5.74) is 0.475. The van der Waals surface area contributed by atoms with Gasteiger partial charge in [0.25, 0.3) is 11.5 Å². The van der Waals surface area contributed by atoms with Crippen molar-refractivity contribution in [1.82, 2.24) is 24.9 Å². The quantitative estimate of drug-likeness (QED) is 0.664. The Morgan fingerprint density at radius 1 is 1.00 bits per heavy atom. The maximum atomic E-state index is 13.2. The summed E-state index contributed by atoms with van der Waals surface area (Å²) in [4.78, 5) is 28.9. The van der Waals surface area contributed by atoms with Crippen molar-refractivity contribution in [2.45, 2.75) is 18.8 Å². The molecule has 1 aliphatic heterocycles. The van der Waals surface area contributed by atoms with Gasteiger partial charge in [-0.2, -0.15) is 14.9 Å². The molecule has 0 spiro atoms. The largest absolute Gasteiger partial charge is 0.505 e. The Balaban J connectivity index is 1.31. The van der Waals surface area contributed by atoms with Crippen LogP contribution in [0, 0.1) is 5.82 Å². The molecular formula is C22H21FN6O3. The molecule has 1 amide bonds. The lowest BCUT2D eigenvalue weighted by Crippen LogP contribution is -2.49. The van der Waals surface area contributed by atoms with Crippen LogP contribution < -0.4 is 10.5 Å². The number of aromatic nitrogens is 4. The second-order valence-corrected chi connectivity index (χ2v) is 7.97. The first-order chi connectivity index (χ1) is 15.5. The van der Waals surface area contributed by atoms with E-state index < -0.39 is 23.0 Å². The second-order valence-electron chi connectivity index (χ2n) is 7.97. The van der Waals surface area contributed by atoms with Gasteiger partial charge in [-0.05, 0) is 49.2 Å². The monoisotopic (exact) mass is 436 g/mol. The van der Waals surface area contributed by atoms with E-state index in [9.17, 15) is 19.1 Å². The standard InChI is InChI=1S/C22H21FN6O3/c23-15-3-5-16(6-4-15)29-20(31)13-18(30)21(26-29)22(32)28-11-9-27(10-12-28)19-8-7-17(24-25-19)14-1-2-14/h3-8,13-14,30H,1-2,9-12H2. The van der Waals surface area contributed by atoms with Crippen LogP contribution >= 0.6 is 0 Å². The van der Waals surface area contributed by atoms with Crippen molar-refractivity contribution in [1.29, 1.82) is 0 Å². The number of amides is 1. The fourth-order valence-corrected chi connectivity index (χ4v) is 3.76. The predicted octanol–water partition coefficient (Wildman–Crippen LogP) is 1.71. The van der Waals surface area contributed by atoms with E-state index in [4.69, 9.17) is 0 Å². The minimum Gasteiger partial charge on any atom is -0.505 e. The smallest absolute Gasteiger partial charge is 0.278 e. The van der Waals surface area contributed by atoms with Gasteiger partial charge >= 0.3 is 0 Å². The lowest BCUT2D eigenvalue weighted by Gasteiger charge is -2.35. The molecule has 0 bridgehead atoms. The number of benzene rings is 1. The van der Waals surface area contributed by atoms with Gasteiger partial charge < -0.3 is 14.9 Å². The van der Waals surface area contributed by atoms with E-state index in [0.29, 0.717) is 37.8 Å². The van der Waals surface area contributed by atoms with Crippen LogP contribution in [0.5, 0.6) is 5.75 Å². The van der Waals surface area contributed by atoms with Crippen LogP contribution in [0.4, 0.5) is 10.2 Å². The fourth-order valence-electron chi connectivity index (χ4n) is 3.76. The average Bonchev–Trinajstić information content (AvgIpc) is 3.65. The Bertz CT molecular complexity index is 1200. The molecule has 5 rings (SSSR count). The molecule has 0 radical (unpaired) electrons. The molecule has 1 aromatic carbocycles. The van der Waals surface area contributed by atoms with Crippen LogP contribution in [0.15, 0.2) is 47.3 Å². The van der Waals surface area contributed by atoms with E-state index in [2.05, 4.69) is 20.2 Å². The second kappa shape index (κ2) is 8.03. The highest BCUT2D eigenvalue weighted by atomic mass is 19.1. The highest BCUT2D eigenvalue weighted by molar-refractivity contribution is 5.94. The summed E-state index contributed by atoms with van der Waals surface area (Å²) in [6.45, 7) is 1.92. The Kier molecular flexibility index (Phi) is 5.04. The van der Waals surface area contributed by atoms with Gasteiger partial charge in [0.05, 0.1) is 11.4 Å². The number of aromatic hydroxyl groups is 1. The van der Waals surface area contributed by atoms with E-state index in [-0.39, 0.29) is 5.69 Å². The topological polar surface area (TPSA) is 104 Å². The van der Waals surface area contributed by atoms with Gasteiger partial charge in [0.15, 0.2) is 17.3 Å². The predicted molar refractivity (Wildman–Crippen MR) is 114 cm³/mol. The molecule has 0 atom stereocenters. The Morgan fingerprint density at radius 3 is 2.34 bits per heavy atom. The maximum absolute atomic E-state index is 13.2. The molecule has 1 saturated heterocycles. The first-order valence-electron chi connectivity index (χ1n) is 10.5. The molecule has 1 N–H and O–H groups in total. The van der Waals surface area contributed by atoms with Crippen LogP contribution in [-0.4, -0.2) is 62.1 Å². The summed E-state index contributed by atoms with van der Waals surface area (Å²) in [6, 6.07) is 10.1. The van der Waals surface area contributed by atoms with Gasteiger partial charge in [-0.15, -0.1) is 5.10 Å². The molecule has 2 fully saturated rings. The molecule has 3 aromatic rings. The van der Waals surface area contributed by atoms with Crippen molar-refractivity contribution in [3.05, 3.63) is 70.0 Å². The molecule has 32 heavy (non-hydrogen) atoms. The number of hydrogen-bond acceptors (Lipinski definition) is 7. The molecule has 1 aliphatic carbocycles. The SMILES string of the molecule is O=C(c1nn(-c2ccc(F)cc2)c(=O)cc1O)N1CCN(c2ccc(C3CC3)nn2)CC1. The number of rotatable bonds is 4. The highest BCUT2D eigenvalue weighted by Crippen LogP contribution is 2.38. The van der Waals surface area contributed by atoms with Crippen LogP contribution in [0.3, 0.4) is 0 Å². The zero-order chi connectivity index (χ0) is 22.2. The third kappa shape index (κ3) is 3.91. The molecule has 3 heterocycles. The molecule has 2 aromatic heterocycles. The van der Waals surface area contributed by atoms with E-state index in [1.165, 1.54) is 37.1 Å². The van der Waals surface area contributed by atoms with Gasteiger partial charge in [0.1, 0.15) is 5.82 Å². The molecule has 9 nitrogen and oxygen atoms in total. The van der Waals surface area contributed by atoms with E-state index in [1.807, 2.05) is 12.1 Å². The number of hydrogen-bond donors (Lipinski definition) is 1. The van der Waals surface area contributed by atoms with Crippen LogP contribution in [0.25, 0.3) is 5.69 Å². The minimum atomic E-state index is -0.622. The van der Waals surface area contributed by atoms with Gasteiger partial charge in [0, 0.05) is 38.2 Å². The summed E-state index contributed by atoms with van der Waals surface area (Å²) in [6.07, 6.45) is 2.34. The number of carbonyl (C=O) groups excluding carboxylic acids is 1. The molecular weight excluding hydrogens is 415 g/mol. The molecule has 164 valence electrons. The average molecular weight is 436 g/mol. The van der Waals surface area contributed by atoms with E-state index in [1.54, 1.807) is 4.90 Å². The number of anilines is 1. The summed E-state index contributed by atoms with van der Waals surface area (Å²) in [5.74, 6) is -0.103. The molecule has 1 saturated carbocycles. The zero-order valence-electron chi connectivity index (χ0n) is 17.2. The maximum Gasteiger partial charge on any atom is 0.278 e. The third-order valence-electron chi connectivity index (χ3n) is 5.74. The first kappa shape index (κ1) is 20.1. The van der Waals surface area contributed by atoms with Crippen LogP contribution in [-0.2, 0) is 0 Å². The van der Waals surface area contributed by atoms with Gasteiger partial charge in [-0.1, -0.05) is 0 Å². The van der Waals surface area contributed by atoms with Crippen molar-refractivity contribution >= 4 is 11.7 Å². The van der Waals surface area contributed by atoms with Crippen molar-refractivity contribution in [2.24, 2.45) is 0 Å². The summed E-state index contributed by atoms with van der Waals surface area (Å²) in [7, 11) is 0. The lowest BCUT2D eigenvalue weighted by molar-refractivity contribution is 0.0735. The van der Waals surface area contributed by atoms with Crippen LogP contribution in [0.2, 0.25) is 0 Å². The minimum absolute atomic E-state index is 0.226. The molecule has 0 unspecified atom stereocenters. The number of halogens is 1. The van der Waals surface area contributed by atoms with E-state index >= 15 is 0 Å². The third-order valence-corrected chi connectivity index (χ3v) is 5.74. The highest BCUT2D eigenvalue weighted by Gasteiger charge is 2.28. The van der Waals surface area contributed by atoms with Crippen molar-refractivity contribution in [3.8, 4) is 11.4 Å². The van der Waals surface area contributed by atoms with Crippen molar-refractivity contribution < 1.29 is 14.3 Å². The lowest BCUT2D eigenvalue weighted by atomic mass is 10.2. The Hall–Kier alpha value is -3.82. The molecule has 10 heteroatoms. The van der Waals surface area contributed by atoms with E-state index in [0.717, 1.165) is 22.3 Å². The summed E-state index contributed by atoms with van der Waals surface area (Å²) in [5, 5.41) is 22.9. The summed E-state index contributed by atoms with van der Waals surface area (Å²) >= 11 is 0. The van der Waals surface area contributed by atoms with Gasteiger partial charge in [-0.3, -0.25) is 9.59 Å². The Labute approximate surface area is 182 Å². The van der Waals surface area contributed by atoms with Crippen molar-refractivity contribution in [2.75, 3.05) is 31.1 Å². The summed E-state index contributed by atoms with van der Waals surface area (Å²) < 4.78 is 14.2. The van der Waals surface area contributed by atoms with Crippen molar-refractivity contribution in [3.63, 3.8) is 0 Å². The van der Waals surface area contributed by atoms with Crippen LogP contribution in [0.1, 0.15) is 34.9 Å². The number of nitrogens with zero attached hydrogens (tertiary/aromatic N) is 6. The number of piperazine rings is 1. The van der Waals surface area contributed by atoms with Gasteiger partial charge in [-0.25, -0.2) is 4.39 Å². The number of carbonyl (C=O) groups is 1. The fraction of sp³-hybridized carbons (Fsp3) is 0.318. The normalized spacial score (nSPS) is 16.3. The molecule has 2 aliphatic rings. The Morgan fingerprint density at radius 2 is 1.72 bits per heavy atom.